The standard InChI is InChI=1S/C16H26Cl2NO5P/c1-4-23-16(24-5-2)25(21,22)10-13(20)9-19-11(3)12-6-7-14(17)15(18)8-12/h6-8,11,13,16,19-20H,4-5,9-10H2,1-3H3,(H,21,22)/t11-,13+/m1/s1. The molecule has 0 fully saturated rings. The number of nitrogens with one attached hydrogen (secondary N) is 1. The summed E-state index contributed by atoms with van der Waals surface area (Å²) in [5, 5.41) is 14.1. The molecule has 0 aliphatic carbocycles. The molecule has 1 aromatic carbocycles. The van der Waals surface area contributed by atoms with Crippen molar-refractivity contribution >= 4 is 30.6 Å². The number of halogens is 2. The minimum atomic E-state index is -3.81. The summed E-state index contributed by atoms with van der Waals surface area (Å²) < 4.78 is 22.7. The smallest absolute Gasteiger partial charge is 0.257 e. The monoisotopic (exact) mass is 413 g/mol. The van der Waals surface area contributed by atoms with Gasteiger partial charge < -0.3 is 24.8 Å². The summed E-state index contributed by atoms with van der Waals surface area (Å²) in [5.41, 5.74) is 0.898. The molecule has 1 unspecified atom stereocenters. The van der Waals surface area contributed by atoms with Crippen molar-refractivity contribution in [1.82, 2.24) is 5.32 Å². The fourth-order valence-corrected chi connectivity index (χ4v) is 4.21. The highest BCUT2D eigenvalue weighted by Gasteiger charge is 2.34. The Hall–Kier alpha value is -0.170. The summed E-state index contributed by atoms with van der Waals surface area (Å²) in [7, 11) is -3.81. The molecule has 0 aliphatic rings. The molecule has 6 nitrogen and oxygen atoms in total. The van der Waals surface area contributed by atoms with Crippen molar-refractivity contribution in [3.8, 4) is 0 Å². The first-order valence-corrected chi connectivity index (χ1v) is 10.8. The molecule has 0 saturated heterocycles. The van der Waals surface area contributed by atoms with E-state index < -0.39 is 19.5 Å². The first kappa shape index (κ1) is 22.9. The Bertz CT molecular complexity index is 584. The van der Waals surface area contributed by atoms with Crippen LogP contribution in [0, 0.1) is 0 Å². The number of aliphatic hydroxyl groups excluding tert-OH is 1. The molecule has 1 aromatic rings. The minimum Gasteiger partial charge on any atom is -0.391 e. The molecular formula is C16H26Cl2NO5P. The van der Waals surface area contributed by atoms with Gasteiger partial charge in [-0.3, -0.25) is 4.57 Å². The van der Waals surface area contributed by atoms with Crippen molar-refractivity contribution in [2.24, 2.45) is 0 Å². The van der Waals surface area contributed by atoms with E-state index in [1.54, 1.807) is 26.0 Å². The summed E-state index contributed by atoms with van der Waals surface area (Å²) in [6.45, 7) is 5.95. The molecule has 9 heteroatoms. The summed E-state index contributed by atoms with van der Waals surface area (Å²) in [4.78, 5) is 10.1. The van der Waals surface area contributed by atoms with Crippen molar-refractivity contribution in [1.29, 1.82) is 0 Å². The van der Waals surface area contributed by atoms with Crippen LogP contribution in [0.25, 0.3) is 0 Å². The van der Waals surface area contributed by atoms with E-state index in [2.05, 4.69) is 5.32 Å². The molecule has 0 spiro atoms. The van der Waals surface area contributed by atoms with Gasteiger partial charge in [0.05, 0.1) is 22.3 Å². The van der Waals surface area contributed by atoms with Crippen LogP contribution < -0.4 is 5.32 Å². The molecular weight excluding hydrogens is 388 g/mol. The van der Waals surface area contributed by atoms with Crippen LogP contribution in [0.1, 0.15) is 32.4 Å². The predicted octanol–water partition coefficient (Wildman–Crippen LogP) is 3.63. The van der Waals surface area contributed by atoms with E-state index in [9.17, 15) is 14.6 Å². The Labute approximate surface area is 158 Å². The van der Waals surface area contributed by atoms with Crippen molar-refractivity contribution in [2.75, 3.05) is 25.9 Å². The van der Waals surface area contributed by atoms with Crippen molar-refractivity contribution < 1.29 is 24.0 Å². The van der Waals surface area contributed by atoms with E-state index in [-0.39, 0.29) is 32.0 Å². The second-order valence-corrected chi connectivity index (χ2v) is 8.73. The summed E-state index contributed by atoms with van der Waals surface area (Å²) in [5.74, 6) is 0. The zero-order chi connectivity index (χ0) is 19.0. The number of benzene rings is 1. The number of ether oxygens (including phenoxy) is 2. The molecule has 0 aliphatic heterocycles. The Morgan fingerprint density at radius 1 is 1.20 bits per heavy atom. The van der Waals surface area contributed by atoms with E-state index in [0.717, 1.165) is 5.56 Å². The lowest BCUT2D eigenvalue weighted by Crippen LogP contribution is -2.33. The normalized spacial score (nSPS) is 16.6. The molecule has 25 heavy (non-hydrogen) atoms. The highest BCUT2D eigenvalue weighted by Crippen LogP contribution is 2.47. The van der Waals surface area contributed by atoms with Gasteiger partial charge in [0.2, 0.25) is 6.03 Å². The Morgan fingerprint density at radius 3 is 2.32 bits per heavy atom. The molecule has 144 valence electrons. The van der Waals surface area contributed by atoms with Gasteiger partial charge in [-0.2, -0.15) is 0 Å². The lowest BCUT2D eigenvalue weighted by Gasteiger charge is -2.25. The van der Waals surface area contributed by atoms with Gasteiger partial charge in [0.1, 0.15) is 0 Å². The van der Waals surface area contributed by atoms with Crippen LogP contribution in [0.4, 0.5) is 0 Å². The third-order valence-electron chi connectivity index (χ3n) is 3.52. The second-order valence-electron chi connectivity index (χ2n) is 5.61. The number of hydrogen-bond acceptors (Lipinski definition) is 5. The molecule has 3 atom stereocenters. The summed E-state index contributed by atoms with van der Waals surface area (Å²) in [6.07, 6.45) is -1.34. The summed E-state index contributed by atoms with van der Waals surface area (Å²) in [6, 6.07) is 3.94. The van der Waals surface area contributed by atoms with Gasteiger partial charge in [-0.1, -0.05) is 29.3 Å². The fourth-order valence-electron chi connectivity index (χ4n) is 2.23. The average Bonchev–Trinajstić information content (AvgIpc) is 2.54. The van der Waals surface area contributed by atoms with Gasteiger partial charge in [0.25, 0.3) is 7.37 Å². The van der Waals surface area contributed by atoms with Gasteiger partial charge in [0.15, 0.2) is 0 Å². The number of rotatable bonds is 11. The van der Waals surface area contributed by atoms with Gasteiger partial charge >= 0.3 is 0 Å². The van der Waals surface area contributed by atoms with Gasteiger partial charge in [-0.15, -0.1) is 0 Å². The number of aliphatic hydroxyl groups is 1. The Morgan fingerprint density at radius 2 is 1.80 bits per heavy atom. The fraction of sp³-hybridized carbons (Fsp3) is 0.625. The maximum absolute atomic E-state index is 12.4. The minimum absolute atomic E-state index is 0.114. The Kier molecular flexibility index (Phi) is 9.93. The maximum atomic E-state index is 12.4. The molecule has 1 rings (SSSR count). The van der Waals surface area contributed by atoms with E-state index in [4.69, 9.17) is 32.7 Å². The van der Waals surface area contributed by atoms with Crippen LogP contribution in [0.2, 0.25) is 10.0 Å². The van der Waals surface area contributed by atoms with Crippen LogP contribution in [0.5, 0.6) is 0 Å². The van der Waals surface area contributed by atoms with Crippen LogP contribution in [-0.2, 0) is 14.0 Å². The zero-order valence-corrected chi connectivity index (χ0v) is 17.0. The largest absolute Gasteiger partial charge is 0.391 e. The van der Waals surface area contributed by atoms with E-state index in [1.807, 2.05) is 13.0 Å². The van der Waals surface area contributed by atoms with Gasteiger partial charge in [0, 0.05) is 25.8 Å². The highest BCUT2D eigenvalue weighted by atomic mass is 35.5. The molecule has 0 radical (unpaired) electrons. The molecule has 0 bridgehead atoms. The SMILES string of the molecule is CCOC(OCC)P(=O)(O)C[C@@H](O)CN[C@H](C)c1ccc(Cl)c(Cl)c1. The maximum Gasteiger partial charge on any atom is 0.257 e. The van der Waals surface area contributed by atoms with Gasteiger partial charge in [-0.05, 0) is 38.5 Å². The zero-order valence-electron chi connectivity index (χ0n) is 14.6. The van der Waals surface area contributed by atoms with Crippen LogP contribution >= 0.6 is 30.6 Å². The van der Waals surface area contributed by atoms with E-state index in [0.29, 0.717) is 10.0 Å². The van der Waals surface area contributed by atoms with E-state index >= 15 is 0 Å². The van der Waals surface area contributed by atoms with Crippen LogP contribution in [0.15, 0.2) is 18.2 Å². The van der Waals surface area contributed by atoms with Crippen molar-refractivity contribution in [2.45, 2.75) is 38.9 Å². The average molecular weight is 414 g/mol. The topological polar surface area (TPSA) is 88.0 Å². The first-order chi connectivity index (χ1) is 11.7. The van der Waals surface area contributed by atoms with E-state index in [1.165, 1.54) is 0 Å². The number of hydrogen-bond donors (Lipinski definition) is 3. The third-order valence-corrected chi connectivity index (χ3v) is 6.16. The lowest BCUT2D eigenvalue weighted by molar-refractivity contribution is -0.0876. The lowest BCUT2D eigenvalue weighted by atomic mass is 10.1. The van der Waals surface area contributed by atoms with Crippen molar-refractivity contribution in [3.05, 3.63) is 33.8 Å². The van der Waals surface area contributed by atoms with Crippen LogP contribution in [0.3, 0.4) is 0 Å². The molecule has 0 amide bonds. The van der Waals surface area contributed by atoms with Crippen molar-refractivity contribution in [3.63, 3.8) is 0 Å². The van der Waals surface area contributed by atoms with Crippen LogP contribution in [-0.4, -0.2) is 48.1 Å². The molecule has 0 saturated carbocycles. The predicted molar refractivity (Wildman–Crippen MR) is 101 cm³/mol. The van der Waals surface area contributed by atoms with Gasteiger partial charge in [-0.25, -0.2) is 0 Å². The highest BCUT2D eigenvalue weighted by molar-refractivity contribution is 7.58. The third kappa shape index (κ3) is 7.53. The first-order valence-electron chi connectivity index (χ1n) is 8.12. The summed E-state index contributed by atoms with van der Waals surface area (Å²) >= 11 is 11.9. The molecule has 0 aromatic heterocycles. The molecule has 0 heterocycles. The quantitative estimate of drug-likeness (QED) is 0.379. The molecule has 3 N–H and O–H groups in total. The second kappa shape index (κ2) is 10.9. The Balaban J connectivity index is 2.58.